The van der Waals surface area contributed by atoms with Gasteiger partial charge in [-0.15, -0.1) is 0 Å². The summed E-state index contributed by atoms with van der Waals surface area (Å²) >= 11 is 0. The first-order valence-electron chi connectivity index (χ1n) is 5.41. The Bertz CT molecular complexity index is 685. The third kappa shape index (κ3) is 1.63. The van der Waals surface area contributed by atoms with Gasteiger partial charge in [-0.2, -0.15) is 4.98 Å². The van der Waals surface area contributed by atoms with E-state index in [1.807, 2.05) is 16.8 Å². The van der Waals surface area contributed by atoms with Crippen molar-refractivity contribution in [3.8, 4) is 5.82 Å². The first-order chi connectivity index (χ1) is 8.24. The maximum absolute atomic E-state index is 5.60. The summed E-state index contributed by atoms with van der Waals surface area (Å²) in [5.41, 5.74) is 7.96. The van der Waals surface area contributed by atoms with Crippen LogP contribution in [0.15, 0.2) is 42.7 Å². The molecule has 0 spiro atoms. The highest BCUT2D eigenvalue weighted by molar-refractivity contribution is 5.82. The van der Waals surface area contributed by atoms with Crippen molar-refractivity contribution in [2.75, 3.05) is 5.73 Å². The van der Waals surface area contributed by atoms with Gasteiger partial charge in [0, 0.05) is 17.8 Å². The molecule has 2 aromatic heterocycles. The number of hydrogen-bond donors (Lipinski definition) is 1. The number of nitrogens with zero attached hydrogens (tertiary/aromatic N) is 3. The van der Waals surface area contributed by atoms with E-state index in [9.17, 15) is 0 Å². The molecule has 17 heavy (non-hydrogen) atoms. The van der Waals surface area contributed by atoms with Crippen LogP contribution in [0.1, 0.15) is 5.56 Å². The van der Waals surface area contributed by atoms with Crippen LogP contribution in [0, 0.1) is 6.92 Å². The maximum atomic E-state index is 5.60. The molecule has 0 aliphatic carbocycles. The van der Waals surface area contributed by atoms with Crippen LogP contribution in [0.3, 0.4) is 0 Å². The first-order valence-corrected chi connectivity index (χ1v) is 5.41. The van der Waals surface area contributed by atoms with E-state index in [1.54, 1.807) is 6.20 Å². The van der Waals surface area contributed by atoms with Crippen LogP contribution < -0.4 is 5.73 Å². The van der Waals surface area contributed by atoms with Crippen LogP contribution in [-0.2, 0) is 0 Å². The van der Waals surface area contributed by atoms with Gasteiger partial charge in [-0.25, -0.2) is 4.98 Å². The molecule has 0 radical (unpaired) electrons. The Hall–Kier alpha value is -2.36. The zero-order valence-corrected chi connectivity index (χ0v) is 9.46. The average molecular weight is 224 g/mol. The van der Waals surface area contributed by atoms with Gasteiger partial charge >= 0.3 is 0 Å². The lowest BCUT2D eigenvalue weighted by Gasteiger charge is -2.04. The molecule has 0 saturated carbocycles. The monoisotopic (exact) mass is 224 g/mol. The molecular formula is C13H12N4. The van der Waals surface area contributed by atoms with Gasteiger partial charge in [0.25, 0.3) is 0 Å². The molecule has 0 saturated heterocycles. The largest absolute Gasteiger partial charge is 0.368 e. The molecule has 4 nitrogen and oxygen atoms in total. The van der Waals surface area contributed by atoms with Crippen molar-refractivity contribution < 1.29 is 0 Å². The second-order valence-electron chi connectivity index (χ2n) is 4.02. The van der Waals surface area contributed by atoms with Crippen molar-refractivity contribution in [2.24, 2.45) is 0 Å². The maximum Gasteiger partial charge on any atom is 0.221 e. The molecule has 0 amide bonds. The van der Waals surface area contributed by atoms with E-state index in [1.165, 1.54) is 10.9 Å². The zero-order chi connectivity index (χ0) is 11.8. The Morgan fingerprint density at radius 1 is 1.18 bits per heavy atom. The normalized spacial score (nSPS) is 10.9. The number of hydrogen-bond acceptors (Lipinski definition) is 3. The molecule has 84 valence electrons. The van der Waals surface area contributed by atoms with Gasteiger partial charge in [-0.05, 0) is 31.2 Å². The predicted octanol–water partition coefficient (Wildman–Crippen LogP) is 2.31. The van der Waals surface area contributed by atoms with E-state index < -0.39 is 0 Å². The van der Waals surface area contributed by atoms with Crippen molar-refractivity contribution in [2.45, 2.75) is 6.92 Å². The van der Waals surface area contributed by atoms with Gasteiger partial charge < -0.3 is 10.3 Å². The summed E-state index contributed by atoms with van der Waals surface area (Å²) in [4.78, 5) is 8.12. The van der Waals surface area contributed by atoms with Gasteiger partial charge in [-0.1, -0.05) is 11.6 Å². The molecule has 2 heterocycles. The number of rotatable bonds is 1. The van der Waals surface area contributed by atoms with Crippen molar-refractivity contribution in [1.82, 2.24) is 14.5 Å². The number of nitrogens with two attached hydrogens (primary N) is 1. The Labute approximate surface area is 98.7 Å². The molecule has 4 heteroatoms. The van der Waals surface area contributed by atoms with Gasteiger partial charge in [0.05, 0.1) is 5.52 Å². The predicted molar refractivity (Wildman–Crippen MR) is 68.0 cm³/mol. The third-order valence-electron chi connectivity index (χ3n) is 2.75. The second-order valence-corrected chi connectivity index (χ2v) is 4.02. The smallest absolute Gasteiger partial charge is 0.221 e. The lowest BCUT2D eigenvalue weighted by atomic mass is 10.2. The zero-order valence-electron chi connectivity index (χ0n) is 9.46. The molecule has 2 N–H and O–H groups in total. The second kappa shape index (κ2) is 3.59. The molecular weight excluding hydrogens is 212 g/mol. The molecule has 0 unspecified atom stereocenters. The van der Waals surface area contributed by atoms with Crippen molar-refractivity contribution in [1.29, 1.82) is 0 Å². The van der Waals surface area contributed by atoms with E-state index in [0.717, 1.165) is 11.3 Å². The quantitative estimate of drug-likeness (QED) is 0.690. The third-order valence-corrected chi connectivity index (χ3v) is 2.75. The molecule has 0 aliphatic rings. The fraction of sp³-hybridized carbons (Fsp3) is 0.0769. The summed E-state index contributed by atoms with van der Waals surface area (Å²) in [7, 11) is 0. The fourth-order valence-corrected chi connectivity index (χ4v) is 1.96. The van der Waals surface area contributed by atoms with Crippen LogP contribution >= 0.6 is 0 Å². The van der Waals surface area contributed by atoms with E-state index in [0.29, 0.717) is 0 Å². The minimum absolute atomic E-state index is 0.288. The Morgan fingerprint density at radius 3 is 2.88 bits per heavy atom. The topological polar surface area (TPSA) is 56.7 Å². The number of anilines is 1. The Balaban J connectivity index is 2.24. The van der Waals surface area contributed by atoms with Crippen molar-refractivity contribution in [3.05, 3.63) is 48.3 Å². The molecule has 3 rings (SSSR count). The van der Waals surface area contributed by atoms with Gasteiger partial charge in [0.15, 0.2) is 0 Å². The first kappa shape index (κ1) is 9.84. The van der Waals surface area contributed by atoms with Crippen molar-refractivity contribution in [3.63, 3.8) is 0 Å². The van der Waals surface area contributed by atoms with Crippen molar-refractivity contribution >= 4 is 16.9 Å². The summed E-state index contributed by atoms with van der Waals surface area (Å²) < 4.78 is 2.01. The van der Waals surface area contributed by atoms with Crippen LogP contribution in [0.4, 0.5) is 5.95 Å². The number of aryl methyl sites for hydroxylation is 1. The molecule has 0 bridgehead atoms. The summed E-state index contributed by atoms with van der Waals surface area (Å²) in [6, 6.07) is 10.2. The highest BCUT2D eigenvalue weighted by Gasteiger charge is 2.04. The lowest BCUT2D eigenvalue weighted by Crippen LogP contribution is -2.00. The number of nitrogen functional groups attached to an aromatic ring is 1. The number of aromatic nitrogens is 3. The van der Waals surface area contributed by atoms with E-state index in [2.05, 4.69) is 41.2 Å². The lowest BCUT2D eigenvalue weighted by molar-refractivity contribution is 1.02. The minimum atomic E-state index is 0.288. The van der Waals surface area contributed by atoms with Gasteiger partial charge in [0.1, 0.15) is 5.82 Å². The SMILES string of the molecule is Cc1ccc2c(ccn2-c2ccnc(N)n2)c1. The molecule has 3 aromatic rings. The van der Waals surface area contributed by atoms with Crippen LogP contribution in [-0.4, -0.2) is 14.5 Å². The van der Waals surface area contributed by atoms with E-state index >= 15 is 0 Å². The van der Waals surface area contributed by atoms with Crippen LogP contribution in [0.5, 0.6) is 0 Å². The molecule has 0 atom stereocenters. The van der Waals surface area contributed by atoms with Gasteiger partial charge in [-0.3, -0.25) is 0 Å². The minimum Gasteiger partial charge on any atom is -0.368 e. The number of fused-ring (bicyclic) bond motifs is 1. The molecule has 0 aliphatic heterocycles. The molecule has 1 aromatic carbocycles. The Kier molecular flexibility index (Phi) is 2.08. The van der Waals surface area contributed by atoms with E-state index in [-0.39, 0.29) is 5.95 Å². The van der Waals surface area contributed by atoms with Crippen LogP contribution in [0.2, 0.25) is 0 Å². The summed E-state index contributed by atoms with van der Waals surface area (Å²) in [6.07, 6.45) is 3.66. The van der Waals surface area contributed by atoms with Gasteiger partial charge in [0.2, 0.25) is 5.95 Å². The highest BCUT2D eigenvalue weighted by Crippen LogP contribution is 2.20. The average Bonchev–Trinajstić information content (AvgIpc) is 2.71. The fourth-order valence-electron chi connectivity index (χ4n) is 1.96. The summed E-state index contributed by atoms with van der Waals surface area (Å²) in [6.45, 7) is 2.08. The van der Waals surface area contributed by atoms with E-state index in [4.69, 9.17) is 5.73 Å². The van der Waals surface area contributed by atoms with Crippen LogP contribution in [0.25, 0.3) is 16.7 Å². The standard InChI is InChI=1S/C13H12N4/c1-9-2-3-11-10(8-9)5-7-17(11)12-4-6-15-13(14)16-12/h2-8H,1H3,(H2,14,15,16). The highest BCUT2D eigenvalue weighted by atomic mass is 15.1. The Morgan fingerprint density at radius 2 is 2.06 bits per heavy atom. The number of benzene rings is 1. The summed E-state index contributed by atoms with van der Waals surface area (Å²) in [5.74, 6) is 1.08. The summed E-state index contributed by atoms with van der Waals surface area (Å²) in [5, 5.41) is 1.20. The molecule has 0 fully saturated rings.